The molecule has 0 fully saturated rings. The number of pyridine rings is 1. The molecule has 0 unspecified atom stereocenters. The molecule has 2 aromatic rings. The Morgan fingerprint density at radius 3 is 2.88 bits per heavy atom. The summed E-state index contributed by atoms with van der Waals surface area (Å²) in [6.07, 6.45) is 2.80. The summed E-state index contributed by atoms with van der Waals surface area (Å²) in [5.41, 5.74) is 0. The topological polar surface area (TPSA) is 24.9 Å². The number of benzene rings is 1. The highest BCUT2D eigenvalue weighted by molar-refractivity contribution is 6.39. The van der Waals surface area contributed by atoms with E-state index in [-0.39, 0.29) is 0 Å². The molecule has 1 N–H and O–H groups in total. The zero-order valence-electron chi connectivity index (χ0n) is 8.93. The van der Waals surface area contributed by atoms with E-state index in [0.29, 0.717) is 10.0 Å². The summed E-state index contributed by atoms with van der Waals surface area (Å²) in [6, 6.07) is 5.54. The second-order valence-corrected chi connectivity index (χ2v) is 4.42. The van der Waals surface area contributed by atoms with Crippen molar-refractivity contribution >= 4 is 39.8 Å². The predicted molar refractivity (Wildman–Crippen MR) is 70.5 cm³/mol. The molecular weight excluding hydrogens is 243 g/mol. The Hall–Kier alpha value is -0.990. The van der Waals surface area contributed by atoms with Gasteiger partial charge >= 0.3 is 0 Å². The SMILES string of the molecule is CCCNc1nccc2cc(Cl)cc(Cl)c12. The summed E-state index contributed by atoms with van der Waals surface area (Å²) in [4.78, 5) is 4.30. The molecule has 0 spiro atoms. The van der Waals surface area contributed by atoms with Gasteiger partial charge in [0.05, 0.1) is 5.02 Å². The van der Waals surface area contributed by atoms with E-state index in [1.165, 1.54) is 0 Å². The fourth-order valence-electron chi connectivity index (χ4n) is 1.61. The minimum atomic E-state index is 0.634. The number of anilines is 1. The molecule has 0 saturated heterocycles. The van der Waals surface area contributed by atoms with E-state index in [2.05, 4.69) is 17.2 Å². The minimum absolute atomic E-state index is 0.634. The number of hydrogen-bond donors (Lipinski definition) is 1. The average Bonchev–Trinajstić information content (AvgIpc) is 2.25. The Kier molecular flexibility index (Phi) is 3.52. The molecule has 0 aliphatic carbocycles. The molecule has 4 heteroatoms. The van der Waals surface area contributed by atoms with E-state index in [4.69, 9.17) is 23.2 Å². The number of hydrogen-bond acceptors (Lipinski definition) is 2. The van der Waals surface area contributed by atoms with Gasteiger partial charge < -0.3 is 5.32 Å². The smallest absolute Gasteiger partial charge is 0.135 e. The van der Waals surface area contributed by atoms with Crippen LogP contribution < -0.4 is 5.32 Å². The standard InChI is InChI=1S/C12H12Cl2N2/c1-2-4-15-12-11-8(3-5-16-12)6-9(13)7-10(11)14/h3,5-7H,2,4H2,1H3,(H,15,16). The zero-order valence-corrected chi connectivity index (χ0v) is 10.4. The van der Waals surface area contributed by atoms with Crippen LogP contribution in [-0.4, -0.2) is 11.5 Å². The molecule has 2 rings (SSSR count). The Morgan fingerprint density at radius 2 is 2.12 bits per heavy atom. The van der Waals surface area contributed by atoms with E-state index in [1.807, 2.05) is 12.1 Å². The summed E-state index contributed by atoms with van der Waals surface area (Å²) >= 11 is 12.1. The van der Waals surface area contributed by atoms with Crippen LogP contribution in [0.5, 0.6) is 0 Å². The Labute approximate surface area is 105 Å². The third-order valence-electron chi connectivity index (χ3n) is 2.32. The Morgan fingerprint density at radius 1 is 1.31 bits per heavy atom. The van der Waals surface area contributed by atoms with Crippen molar-refractivity contribution in [1.82, 2.24) is 4.98 Å². The van der Waals surface area contributed by atoms with E-state index < -0.39 is 0 Å². The minimum Gasteiger partial charge on any atom is -0.370 e. The number of halogens is 2. The summed E-state index contributed by atoms with van der Waals surface area (Å²) in [5, 5.41) is 6.47. The van der Waals surface area contributed by atoms with Gasteiger partial charge in [-0.2, -0.15) is 0 Å². The van der Waals surface area contributed by atoms with E-state index in [1.54, 1.807) is 12.3 Å². The van der Waals surface area contributed by atoms with Gasteiger partial charge in [0.1, 0.15) is 5.82 Å². The summed E-state index contributed by atoms with van der Waals surface area (Å²) in [6.45, 7) is 2.99. The third-order valence-corrected chi connectivity index (χ3v) is 2.84. The average molecular weight is 255 g/mol. The number of rotatable bonds is 3. The van der Waals surface area contributed by atoms with Crippen LogP contribution >= 0.6 is 23.2 Å². The molecule has 0 amide bonds. The van der Waals surface area contributed by atoms with E-state index in [0.717, 1.165) is 29.6 Å². The first-order chi connectivity index (χ1) is 7.72. The largest absolute Gasteiger partial charge is 0.370 e. The molecule has 0 bridgehead atoms. The van der Waals surface area contributed by atoms with Crippen LogP contribution in [0.1, 0.15) is 13.3 Å². The molecule has 0 aliphatic rings. The van der Waals surface area contributed by atoms with Gasteiger partial charge in [0, 0.05) is 23.2 Å². The number of nitrogens with one attached hydrogen (secondary N) is 1. The van der Waals surface area contributed by atoms with Crippen LogP contribution in [0.25, 0.3) is 10.8 Å². The molecule has 2 nitrogen and oxygen atoms in total. The maximum atomic E-state index is 6.18. The summed E-state index contributed by atoms with van der Waals surface area (Å²) in [7, 11) is 0. The van der Waals surface area contributed by atoms with Gasteiger partial charge in [-0.25, -0.2) is 4.98 Å². The van der Waals surface area contributed by atoms with Crippen LogP contribution in [0, 0.1) is 0 Å². The molecule has 16 heavy (non-hydrogen) atoms. The van der Waals surface area contributed by atoms with Gasteiger partial charge in [-0.15, -0.1) is 0 Å². The van der Waals surface area contributed by atoms with E-state index in [9.17, 15) is 0 Å². The lowest BCUT2D eigenvalue weighted by atomic mass is 10.1. The molecule has 0 atom stereocenters. The van der Waals surface area contributed by atoms with Crippen molar-refractivity contribution in [2.45, 2.75) is 13.3 Å². The molecule has 1 aromatic heterocycles. The lowest BCUT2D eigenvalue weighted by Gasteiger charge is -2.09. The highest BCUT2D eigenvalue weighted by Gasteiger charge is 2.07. The molecule has 1 aromatic carbocycles. The number of nitrogens with zero attached hydrogens (tertiary/aromatic N) is 1. The van der Waals surface area contributed by atoms with Crippen molar-refractivity contribution in [2.75, 3.05) is 11.9 Å². The van der Waals surface area contributed by atoms with Gasteiger partial charge in [-0.1, -0.05) is 30.1 Å². The van der Waals surface area contributed by atoms with Gasteiger partial charge in [0.25, 0.3) is 0 Å². The number of fused-ring (bicyclic) bond motifs is 1. The molecule has 0 saturated carbocycles. The normalized spacial score (nSPS) is 10.7. The van der Waals surface area contributed by atoms with Gasteiger partial charge in [0.2, 0.25) is 0 Å². The third kappa shape index (κ3) is 2.23. The molecule has 0 aliphatic heterocycles. The molecule has 84 valence electrons. The van der Waals surface area contributed by atoms with Crippen molar-refractivity contribution in [2.24, 2.45) is 0 Å². The van der Waals surface area contributed by atoms with Crippen molar-refractivity contribution in [3.8, 4) is 0 Å². The second-order valence-electron chi connectivity index (χ2n) is 3.57. The highest BCUT2D eigenvalue weighted by atomic mass is 35.5. The van der Waals surface area contributed by atoms with Gasteiger partial charge in [-0.3, -0.25) is 0 Å². The summed E-state index contributed by atoms with van der Waals surface area (Å²) < 4.78 is 0. The fourth-order valence-corrected chi connectivity index (χ4v) is 2.21. The van der Waals surface area contributed by atoms with Crippen LogP contribution in [0.3, 0.4) is 0 Å². The molecular formula is C12H12Cl2N2. The van der Waals surface area contributed by atoms with E-state index >= 15 is 0 Å². The van der Waals surface area contributed by atoms with Crippen LogP contribution in [-0.2, 0) is 0 Å². The quantitative estimate of drug-likeness (QED) is 0.881. The van der Waals surface area contributed by atoms with Crippen molar-refractivity contribution < 1.29 is 0 Å². The first-order valence-corrected chi connectivity index (χ1v) is 5.95. The molecule has 0 radical (unpaired) electrons. The Bertz CT molecular complexity index is 512. The van der Waals surface area contributed by atoms with Crippen LogP contribution in [0.15, 0.2) is 24.4 Å². The summed E-state index contributed by atoms with van der Waals surface area (Å²) in [5.74, 6) is 0.820. The van der Waals surface area contributed by atoms with Crippen molar-refractivity contribution in [3.05, 3.63) is 34.4 Å². The maximum absolute atomic E-state index is 6.18. The van der Waals surface area contributed by atoms with Gasteiger partial charge in [-0.05, 0) is 30.0 Å². The van der Waals surface area contributed by atoms with Gasteiger partial charge in [0.15, 0.2) is 0 Å². The lowest BCUT2D eigenvalue weighted by molar-refractivity contribution is 0.972. The monoisotopic (exact) mass is 254 g/mol. The highest BCUT2D eigenvalue weighted by Crippen LogP contribution is 2.31. The number of aromatic nitrogens is 1. The van der Waals surface area contributed by atoms with Crippen molar-refractivity contribution in [3.63, 3.8) is 0 Å². The lowest BCUT2D eigenvalue weighted by Crippen LogP contribution is -2.02. The predicted octanol–water partition coefficient (Wildman–Crippen LogP) is 4.36. The first-order valence-electron chi connectivity index (χ1n) is 5.20. The van der Waals surface area contributed by atoms with Crippen LogP contribution in [0.2, 0.25) is 10.0 Å². The van der Waals surface area contributed by atoms with Crippen molar-refractivity contribution in [1.29, 1.82) is 0 Å². The second kappa shape index (κ2) is 4.89. The Balaban J connectivity index is 2.57. The zero-order chi connectivity index (χ0) is 11.5. The first kappa shape index (κ1) is 11.5. The maximum Gasteiger partial charge on any atom is 0.135 e. The molecule has 1 heterocycles. The fraction of sp³-hybridized carbons (Fsp3) is 0.250. The van der Waals surface area contributed by atoms with Crippen LogP contribution in [0.4, 0.5) is 5.82 Å².